The number of para-hydroxylation sites is 1. The van der Waals surface area contributed by atoms with Gasteiger partial charge in [0.15, 0.2) is 12.3 Å². The molecule has 3 aromatic rings. The number of carbonyl (C=O) groups is 1. The molecule has 1 aromatic heterocycles. The van der Waals surface area contributed by atoms with E-state index >= 15 is 0 Å². The van der Waals surface area contributed by atoms with Crippen LogP contribution in [0.5, 0.6) is 5.75 Å². The molecule has 1 fully saturated rings. The van der Waals surface area contributed by atoms with Gasteiger partial charge in [-0.2, -0.15) is 8.78 Å². The van der Waals surface area contributed by atoms with Crippen LogP contribution in [0.15, 0.2) is 54.6 Å². The van der Waals surface area contributed by atoms with Crippen molar-refractivity contribution in [3.8, 4) is 5.75 Å². The summed E-state index contributed by atoms with van der Waals surface area (Å²) < 4.78 is 36.5. The minimum atomic E-state index is -3.42. The van der Waals surface area contributed by atoms with Crippen molar-refractivity contribution < 1.29 is 43.5 Å². The molecule has 0 radical (unpaired) electrons. The van der Waals surface area contributed by atoms with Gasteiger partial charge in [-0.25, -0.2) is 9.78 Å². The minimum absolute atomic E-state index is 0.136. The second-order valence-electron chi connectivity index (χ2n) is 8.01. The van der Waals surface area contributed by atoms with Crippen molar-refractivity contribution in [2.75, 3.05) is 4.90 Å². The maximum Gasteiger partial charge on any atom is 0.394 e. The fourth-order valence-electron chi connectivity index (χ4n) is 3.80. The van der Waals surface area contributed by atoms with Crippen LogP contribution in [-0.2, 0) is 9.53 Å². The van der Waals surface area contributed by atoms with Gasteiger partial charge in [0.2, 0.25) is 0 Å². The maximum absolute atomic E-state index is 13.2. The van der Waals surface area contributed by atoms with Crippen LogP contribution in [0.4, 0.5) is 20.3 Å². The number of benzene rings is 2. The van der Waals surface area contributed by atoms with Gasteiger partial charge in [0, 0.05) is 18.0 Å². The molecule has 0 unspecified atom stereocenters. The summed E-state index contributed by atoms with van der Waals surface area (Å²) in [5, 5.41) is 41.6. The number of fused-ring (bicyclic) bond motifs is 1. The summed E-state index contributed by atoms with van der Waals surface area (Å²) in [6.45, 7) is 0.584. The van der Waals surface area contributed by atoms with Crippen LogP contribution in [0, 0.1) is 0 Å². The van der Waals surface area contributed by atoms with Crippen molar-refractivity contribution in [2.45, 2.75) is 43.7 Å². The highest BCUT2D eigenvalue weighted by molar-refractivity contribution is 6.35. The number of nitrogens with zero attached hydrogens (tertiary/aromatic N) is 2. The average molecular weight is 511 g/mol. The second-order valence-corrected chi connectivity index (χ2v) is 8.42. The zero-order chi connectivity index (χ0) is 25.5. The Hall–Kier alpha value is -3.09. The lowest BCUT2D eigenvalue weighted by Gasteiger charge is -2.44. The third kappa shape index (κ3) is 5.14. The molecule has 12 heteroatoms. The zero-order valence-corrected chi connectivity index (χ0v) is 18.9. The second kappa shape index (κ2) is 9.51. The first-order chi connectivity index (χ1) is 16.5. The van der Waals surface area contributed by atoms with Crippen LogP contribution in [0.25, 0.3) is 10.9 Å². The molecule has 1 saturated heterocycles. The molecule has 5 atom stereocenters. The molecule has 35 heavy (non-hydrogen) atoms. The van der Waals surface area contributed by atoms with Crippen molar-refractivity contribution in [2.24, 2.45) is 0 Å². The molecule has 4 N–H and O–H groups in total. The number of carboxylic acids is 1. The molecular weight excluding hydrogens is 490 g/mol. The zero-order valence-electron chi connectivity index (χ0n) is 18.1. The average Bonchev–Trinajstić information content (AvgIpc) is 2.79. The summed E-state index contributed by atoms with van der Waals surface area (Å²) in [5.74, 6) is -1.58. The van der Waals surface area contributed by atoms with Crippen molar-refractivity contribution in [3.63, 3.8) is 0 Å². The molecule has 1 aliphatic heterocycles. The van der Waals surface area contributed by atoms with E-state index in [4.69, 9.17) is 16.3 Å². The molecule has 186 valence electrons. The lowest BCUT2D eigenvalue weighted by Crippen LogP contribution is -2.63. The summed E-state index contributed by atoms with van der Waals surface area (Å²) in [4.78, 5) is 17.4. The smallest absolute Gasteiger partial charge is 0.394 e. The Balaban J connectivity index is 1.82. The topological polar surface area (TPSA) is 133 Å². The highest BCUT2D eigenvalue weighted by Crippen LogP contribution is 2.36. The number of rotatable bonds is 6. The number of alkyl halides is 2. The summed E-state index contributed by atoms with van der Waals surface area (Å²) in [6, 6.07) is 13.6. The number of anilines is 2. The fourth-order valence-corrected chi connectivity index (χ4v) is 4.03. The predicted molar refractivity (Wildman–Crippen MR) is 121 cm³/mol. The first kappa shape index (κ1) is 25.0. The van der Waals surface area contributed by atoms with E-state index in [0.717, 1.165) is 0 Å². The quantitative estimate of drug-likeness (QED) is 0.395. The molecule has 0 aliphatic carbocycles. The van der Waals surface area contributed by atoms with E-state index in [0.29, 0.717) is 22.8 Å². The van der Waals surface area contributed by atoms with E-state index < -0.39 is 42.7 Å². The number of halogens is 3. The molecule has 0 bridgehead atoms. The molecule has 0 saturated carbocycles. The number of carboxylic acid groups (broad SMARTS) is 1. The predicted octanol–water partition coefficient (Wildman–Crippen LogP) is 2.91. The highest BCUT2D eigenvalue weighted by atomic mass is 35.5. The van der Waals surface area contributed by atoms with Gasteiger partial charge in [-0.05, 0) is 42.5 Å². The Morgan fingerprint density at radius 1 is 1.06 bits per heavy atom. The van der Waals surface area contributed by atoms with Crippen molar-refractivity contribution in [1.82, 2.24) is 4.98 Å². The summed E-state index contributed by atoms with van der Waals surface area (Å²) >= 11 is 6.28. The van der Waals surface area contributed by atoms with E-state index in [2.05, 4.69) is 9.72 Å². The van der Waals surface area contributed by atoms with Crippen LogP contribution in [-0.4, -0.2) is 68.1 Å². The third-order valence-corrected chi connectivity index (χ3v) is 5.71. The molecule has 4 rings (SSSR count). The number of pyridine rings is 1. The minimum Gasteiger partial charge on any atom is -0.479 e. The molecular formula is C23H21ClF2N2O7. The number of hydrogen-bond acceptors (Lipinski definition) is 8. The first-order valence-corrected chi connectivity index (χ1v) is 10.8. The molecule has 9 nitrogen and oxygen atoms in total. The summed E-state index contributed by atoms with van der Waals surface area (Å²) in [6.07, 6.45) is -12.4. The lowest BCUT2D eigenvalue weighted by molar-refractivity contribution is -0.225. The molecule has 0 spiro atoms. The Morgan fingerprint density at radius 2 is 1.74 bits per heavy atom. The van der Waals surface area contributed by atoms with Crippen LogP contribution in [0.2, 0.25) is 5.02 Å². The number of aromatic nitrogens is 1. The van der Waals surface area contributed by atoms with E-state index in [1.54, 1.807) is 30.3 Å². The van der Waals surface area contributed by atoms with Gasteiger partial charge in [0.25, 0.3) is 0 Å². The van der Waals surface area contributed by atoms with Crippen molar-refractivity contribution in [3.05, 3.63) is 59.6 Å². The number of hydrogen-bond donors (Lipinski definition) is 4. The monoisotopic (exact) mass is 510 g/mol. The summed E-state index contributed by atoms with van der Waals surface area (Å²) in [5.41, 5.74) is 0.621. The third-order valence-electron chi connectivity index (χ3n) is 5.40. The summed E-state index contributed by atoms with van der Waals surface area (Å²) in [7, 11) is 0. The normalized spacial score (nSPS) is 24.8. The van der Waals surface area contributed by atoms with Gasteiger partial charge in [-0.1, -0.05) is 23.7 Å². The van der Waals surface area contributed by atoms with Crippen molar-refractivity contribution >= 4 is 40.0 Å². The highest BCUT2D eigenvalue weighted by Gasteiger charge is 2.49. The molecule has 2 aromatic carbocycles. The van der Waals surface area contributed by atoms with E-state index in [9.17, 15) is 34.0 Å². The van der Waals surface area contributed by atoms with Crippen LogP contribution >= 0.6 is 11.6 Å². The number of ether oxygens (including phenoxy) is 2. The van der Waals surface area contributed by atoms with E-state index in [1.165, 1.54) is 29.2 Å². The largest absolute Gasteiger partial charge is 0.479 e. The number of aliphatic hydroxyl groups excluding tert-OH is 3. The van der Waals surface area contributed by atoms with Crippen molar-refractivity contribution in [1.29, 1.82) is 0 Å². The van der Waals surface area contributed by atoms with Gasteiger partial charge in [-0.15, -0.1) is 0 Å². The number of aliphatic carboxylic acids is 1. The lowest BCUT2D eigenvalue weighted by atomic mass is 9.97. The number of aliphatic hydroxyl groups is 3. The van der Waals surface area contributed by atoms with Crippen LogP contribution < -0.4 is 9.64 Å². The molecule has 2 heterocycles. The van der Waals surface area contributed by atoms with Crippen LogP contribution in [0.3, 0.4) is 0 Å². The van der Waals surface area contributed by atoms with Gasteiger partial charge in [0.05, 0.1) is 10.5 Å². The fraction of sp³-hybridized carbons (Fsp3) is 0.304. The Bertz CT molecular complexity index is 1220. The van der Waals surface area contributed by atoms with Gasteiger partial charge in [-0.3, -0.25) is 4.90 Å². The molecule has 0 amide bonds. The Kier molecular flexibility index (Phi) is 6.80. The van der Waals surface area contributed by atoms with Gasteiger partial charge < -0.3 is 29.9 Å². The van der Waals surface area contributed by atoms with Crippen LogP contribution in [0.1, 0.15) is 6.92 Å². The van der Waals surface area contributed by atoms with Gasteiger partial charge in [0.1, 0.15) is 29.9 Å². The maximum atomic E-state index is 13.2. The SMILES string of the molecule is CC(F)(F)Oc1ccc(N(c2ccc3cccc(Cl)c3n2)[C@@H]2O[C@H](C(=O)O)[C@@H](O)[C@H](O)[C@H]2O)cc1. The van der Waals surface area contributed by atoms with Gasteiger partial charge >= 0.3 is 12.1 Å². The first-order valence-electron chi connectivity index (χ1n) is 10.4. The van der Waals surface area contributed by atoms with E-state index in [1.807, 2.05) is 0 Å². The standard InChI is InChI=1S/C23H21ClF2N2O7/c1-23(25,26)35-13-8-6-12(7-9-13)28(15-10-5-11-3-2-4-14(24)16(11)27-15)21-19(31)17(29)18(30)20(34-21)22(32)33/h2-10,17-21,29-31H,1H3,(H,32,33)/t17-,18-,19+,20-,21+/m0/s1. The Morgan fingerprint density at radius 3 is 2.37 bits per heavy atom. The van der Waals surface area contributed by atoms with E-state index in [-0.39, 0.29) is 17.3 Å². The Labute approximate surface area is 202 Å². The molecule has 1 aliphatic rings.